The number of amides is 1. The quantitative estimate of drug-likeness (QED) is 0.801. The van der Waals surface area contributed by atoms with Gasteiger partial charge < -0.3 is 5.32 Å². The van der Waals surface area contributed by atoms with E-state index in [-0.39, 0.29) is 5.91 Å². The summed E-state index contributed by atoms with van der Waals surface area (Å²) in [5.41, 5.74) is 1.07. The monoisotopic (exact) mass is 326 g/mol. The van der Waals surface area contributed by atoms with Gasteiger partial charge in [-0.1, -0.05) is 50.1 Å². The van der Waals surface area contributed by atoms with Gasteiger partial charge in [0.25, 0.3) is 0 Å². The Morgan fingerprint density at radius 1 is 1.21 bits per heavy atom. The van der Waals surface area contributed by atoms with Crippen molar-refractivity contribution in [3.05, 3.63) is 42.0 Å². The summed E-state index contributed by atoms with van der Waals surface area (Å²) in [7, 11) is 0. The number of carbonyl (C=O) groups is 1. The summed E-state index contributed by atoms with van der Waals surface area (Å²) in [6, 6.07) is 11.7. The second-order valence-electron chi connectivity index (χ2n) is 7.25. The molecule has 3 heteroatoms. The van der Waals surface area contributed by atoms with Crippen molar-refractivity contribution in [2.24, 2.45) is 0 Å². The molecule has 2 aliphatic heterocycles. The number of benzene rings is 1. The van der Waals surface area contributed by atoms with E-state index in [1.807, 2.05) is 36.4 Å². The van der Waals surface area contributed by atoms with Crippen LogP contribution in [0.1, 0.15) is 57.4 Å². The normalized spacial score (nSPS) is 27.3. The van der Waals surface area contributed by atoms with E-state index >= 15 is 0 Å². The zero-order chi connectivity index (χ0) is 16.8. The van der Waals surface area contributed by atoms with E-state index in [4.69, 9.17) is 0 Å². The van der Waals surface area contributed by atoms with Crippen LogP contribution in [0.2, 0.25) is 0 Å². The number of piperidine rings is 2. The van der Waals surface area contributed by atoms with Gasteiger partial charge in [0.05, 0.1) is 0 Å². The summed E-state index contributed by atoms with van der Waals surface area (Å²) in [5.74, 6) is 0.0453. The highest BCUT2D eigenvalue weighted by molar-refractivity contribution is 5.91. The van der Waals surface area contributed by atoms with Crippen molar-refractivity contribution in [2.75, 3.05) is 6.54 Å². The standard InChI is InChI=1S/C21H30N2O/c1-2-3-14-23-19-10-7-11-20(23)16-18(15-19)22-21(24)13-12-17-8-5-4-6-9-17/h4-6,8-9,12-13,18-20H,2-3,7,10-11,14-16H2,1H3,(H,22,24)/b13-12+/t19-,20-/m1/s1. The predicted octanol–water partition coefficient (Wildman–Crippen LogP) is 4.00. The summed E-state index contributed by atoms with van der Waals surface area (Å²) in [6.45, 7) is 3.50. The van der Waals surface area contributed by atoms with Crippen LogP contribution in [-0.4, -0.2) is 35.5 Å². The molecule has 2 atom stereocenters. The molecule has 0 aromatic heterocycles. The van der Waals surface area contributed by atoms with E-state index in [1.54, 1.807) is 6.08 Å². The van der Waals surface area contributed by atoms with Crippen LogP contribution in [0.3, 0.4) is 0 Å². The molecular formula is C21H30N2O. The summed E-state index contributed by atoms with van der Waals surface area (Å²) >= 11 is 0. The van der Waals surface area contributed by atoms with E-state index in [1.165, 1.54) is 38.6 Å². The first-order valence-electron chi connectivity index (χ1n) is 9.55. The van der Waals surface area contributed by atoms with Crippen molar-refractivity contribution in [1.82, 2.24) is 10.2 Å². The van der Waals surface area contributed by atoms with Crippen LogP contribution in [0.15, 0.2) is 36.4 Å². The lowest BCUT2D eigenvalue weighted by Gasteiger charge is -2.49. The van der Waals surface area contributed by atoms with Gasteiger partial charge in [-0.2, -0.15) is 0 Å². The molecule has 2 heterocycles. The third kappa shape index (κ3) is 4.47. The summed E-state index contributed by atoms with van der Waals surface area (Å²) in [5, 5.41) is 3.24. The first-order valence-corrected chi connectivity index (χ1v) is 9.55. The predicted molar refractivity (Wildman–Crippen MR) is 99.7 cm³/mol. The molecule has 0 radical (unpaired) electrons. The van der Waals surface area contributed by atoms with Crippen LogP contribution in [0.25, 0.3) is 6.08 Å². The fraction of sp³-hybridized carbons (Fsp3) is 0.571. The molecule has 2 saturated heterocycles. The highest BCUT2D eigenvalue weighted by Gasteiger charge is 2.37. The topological polar surface area (TPSA) is 32.3 Å². The van der Waals surface area contributed by atoms with E-state index in [9.17, 15) is 4.79 Å². The Balaban J connectivity index is 1.53. The molecule has 1 aromatic rings. The van der Waals surface area contributed by atoms with Crippen LogP contribution in [0.5, 0.6) is 0 Å². The summed E-state index contributed by atoms with van der Waals surface area (Å²) in [6.07, 6.45) is 12.3. The molecule has 1 N–H and O–H groups in total. The Morgan fingerprint density at radius 3 is 2.58 bits per heavy atom. The molecule has 0 aliphatic carbocycles. The van der Waals surface area contributed by atoms with Crippen LogP contribution >= 0.6 is 0 Å². The average Bonchev–Trinajstić information content (AvgIpc) is 2.59. The second-order valence-corrected chi connectivity index (χ2v) is 7.25. The van der Waals surface area contributed by atoms with Crippen LogP contribution in [0.4, 0.5) is 0 Å². The van der Waals surface area contributed by atoms with Gasteiger partial charge in [0.1, 0.15) is 0 Å². The Labute approximate surface area is 146 Å². The zero-order valence-corrected chi connectivity index (χ0v) is 14.8. The number of carbonyl (C=O) groups excluding carboxylic acids is 1. The van der Waals surface area contributed by atoms with Gasteiger partial charge in [-0.25, -0.2) is 0 Å². The smallest absolute Gasteiger partial charge is 0.244 e. The third-order valence-corrected chi connectivity index (χ3v) is 5.47. The van der Waals surface area contributed by atoms with Crippen molar-refractivity contribution in [1.29, 1.82) is 0 Å². The van der Waals surface area contributed by atoms with Gasteiger partial charge in [-0.3, -0.25) is 9.69 Å². The Kier molecular flexibility index (Phi) is 6.08. The highest BCUT2D eigenvalue weighted by atomic mass is 16.1. The minimum absolute atomic E-state index is 0.0453. The molecule has 130 valence electrons. The number of unbranched alkanes of at least 4 members (excludes halogenated alkanes) is 1. The van der Waals surface area contributed by atoms with Gasteiger partial charge in [0, 0.05) is 24.2 Å². The lowest BCUT2D eigenvalue weighted by atomic mass is 9.81. The van der Waals surface area contributed by atoms with E-state index in [0.29, 0.717) is 18.1 Å². The van der Waals surface area contributed by atoms with Gasteiger partial charge in [-0.15, -0.1) is 0 Å². The summed E-state index contributed by atoms with van der Waals surface area (Å²) < 4.78 is 0. The Morgan fingerprint density at radius 2 is 1.92 bits per heavy atom. The van der Waals surface area contributed by atoms with Crippen molar-refractivity contribution >= 4 is 12.0 Å². The van der Waals surface area contributed by atoms with E-state index in [2.05, 4.69) is 17.1 Å². The minimum Gasteiger partial charge on any atom is -0.350 e. The average molecular weight is 326 g/mol. The molecule has 2 bridgehead atoms. The Bertz CT molecular complexity index is 540. The van der Waals surface area contributed by atoms with Gasteiger partial charge >= 0.3 is 0 Å². The third-order valence-electron chi connectivity index (χ3n) is 5.47. The van der Waals surface area contributed by atoms with E-state index < -0.39 is 0 Å². The maximum Gasteiger partial charge on any atom is 0.244 e. The minimum atomic E-state index is 0.0453. The molecule has 24 heavy (non-hydrogen) atoms. The fourth-order valence-corrected chi connectivity index (χ4v) is 4.29. The number of hydrogen-bond donors (Lipinski definition) is 1. The Hall–Kier alpha value is -1.61. The number of nitrogens with one attached hydrogen (secondary N) is 1. The molecule has 1 aromatic carbocycles. The number of rotatable bonds is 6. The number of hydrogen-bond acceptors (Lipinski definition) is 2. The second kappa shape index (κ2) is 8.48. The van der Waals surface area contributed by atoms with Crippen LogP contribution in [0, 0.1) is 0 Å². The molecule has 2 aliphatic rings. The molecular weight excluding hydrogens is 296 g/mol. The largest absolute Gasteiger partial charge is 0.350 e. The van der Waals surface area contributed by atoms with Crippen molar-refractivity contribution in [3.8, 4) is 0 Å². The van der Waals surface area contributed by atoms with Gasteiger partial charge in [0.15, 0.2) is 0 Å². The SMILES string of the molecule is CCCCN1[C@@H]2CCC[C@@H]1CC(NC(=O)/C=C/c1ccccc1)C2. The number of nitrogens with zero attached hydrogens (tertiary/aromatic N) is 1. The zero-order valence-electron chi connectivity index (χ0n) is 14.8. The van der Waals surface area contributed by atoms with Gasteiger partial charge in [-0.05, 0) is 50.3 Å². The molecule has 3 nitrogen and oxygen atoms in total. The van der Waals surface area contributed by atoms with Crippen molar-refractivity contribution in [2.45, 2.75) is 70.0 Å². The first kappa shape index (κ1) is 17.2. The fourth-order valence-electron chi connectivity index (χ4n) is 4.29. The molecule has 0 spiro atoms. The molecule has 1 amide bonds. The highest BCUT2D eigenvalue weighted by Crippen LogP contribution is 2.34. The van der Waals surface area contributed by atoms with Crippen molar-refractivity contribution in [3.63, 3.8) is 0 Å². The lowest BCUT2D eigenvalue weighted by Crippen LogP contribution is -2.56. The molecule has 0 unspecified atom stereocenters. The first-order chi connectivity index (χ1) is 11.8. The van der Waals surface area contributed by atoms with Gasteiger partial charge in [0.2, 0.25) is 5.91 Å². The van der Waals surface area contributed by atoms with Crippen LogP contribution in [-0.2, 0) is 4.79 Å². The van der Waals surface area contributed by atoms with E-state index in [0.717, 1.165) is 18.4 Å². The maximum absolute atomic E-state index is 12.2. The van der Waals surface area contributed by atoms with Crippen molar-refractivity contribution < 1.29 is 4.79 Å². The lowest BCUT2D eigenvalue weighted by molar-refractivity contribution is -0.118. The molecule has 2 fully saturated rings. The summed E-state index contributed by atoms with van der Waals surface area (Å²) in [4.78, 5) is 15.0. The van der Waals surface area contributed by atoms with Crippen LogP contribution < -0.4 is 5.32 Å². The molecule has 3 rings (SSSR count). The number of fused-ring (bicyclic) bond motifs is 2. The maximum atomic E-state index is 12.2. The molecule has 0 saturated carbocycles.